The summed E-state index contributed by atoms with van der Waals surface area (Å²) in [7, 11) is 0. The number of carbonyl (C=O) groups is 3. The van der Waals surface area contributed by atoms with Gasteiger partial charge in [0.1, 0.15) is 31.1 Å². The number of rotatable bonds is 19. The van der Waals surface area contributed by atoms with E-state index in [9.17, 15) is 42.7 Å². The molecule has 3 aliphatic rings. The van der Waals surface area contributed by atoms with Gasteiger partial charge in [-0.1, -0.05) is 96.1 Å². The Labute approximate surface area is 449 Å². The van der Waals surface area contributed by atoms with Crippen LogP contribution >= 0.6 is 22.6 Å². The number of esters is 2. The summed E-state index contributed by atoms with van der Waals surface area (Å²) in [6.07, 6.45) is -18.1. The van der Waals surface area contributed by atoms with Gasteiger partial charge in [0.25, 0.3) is 5.56 Å². The molecule has 3 saturated heterocycles. The van der Waals surface area contributed by atoms with Gasteiger partial charge in [0.2, 0.25) is 0 Å². The second-order valence-electron chi connectivity index (χ2n) is 20.5. The van der Waals surface area contributed by atoms with Crippen molar-refractivity contribution < 1.29 is 70.2 Å². The number of alkyl halides is 3. The number of ether oxygens (including phenoxy) is 9. The average Bonchev–Trinajstić information content (AvgIpc) is 3.73. The number of amides is 1. The summed E-state index contributed by atoms with van der Waals surface area (Å²) in [5, 5.41) is 6.11. The second kappa shape index (κ2) is 25.2. The summed E-state index contributed by atoms with van der Waals surface area (Å²) in [4.78, 5) is 71.6. The van der Waals surface area contributed by atoms with Gasteiger partial charge in [0, 0.05) is 11.1 Å². The third-order valence-electron chi connectivity index (χ3n) is 12.4. The number of hydrogen-bond donors (Lipinski definition) is 1. The largest absolute Gasteiger partial charge is 0.471 e. The summed E-state index contributed by atoms with van der Waals surface area (Å²) in [5.41, 5.74) is 8.59. The lowest BCUT2D eigenvalue weighted by molar-refractivity contribution is -0.306. The zero-order valence-electron chi connectivity index (χ0n) is 42.5. The third-order valence-corrected chi connectivity index (χ3v) is 13.2. The molecule has 1 aromatic heterocycles. The van der Waals surface area contributed by atoms with Crippen molar-refractivity contribution in [2.75, 3.05) is 13.2 Å². The van der Waals surface area contributed by atoms with E-state index in [0.29, 0.717) is 0 Å². The molecule has 0 saturated carbocycles. The van der Waals surface area contributed by atoms with Crippen molar-refractivity contribution >= 4 is 40.4 Å². The lowest BCUT2D eigenvalue weighted by Crippen LogP contribution is -2.64. The maximum absolute atomic E-state index is 14.5. The van der Waals surface area contributed by atoms with Crippen LogP contribution in [0.3, 0.4) is 0 Å². The first kappa shape index (κ1) is 58.0. The highest BCUT2D eigenvalue weighted by molar-refractivity contribution is 14.1. The smallest absolute Gasteiger partial charge is 0.454 e. The maximum atomic E-state index is 14.5. The fraction of sp³-hybridized carbons (Fsp3) is 0.519. The Morgan fingerprint density at radius 1 is 0.737 bits per heavy atom. The average molecular weight is 1180 g/mol. The molecular weight excluding hydrogens is 1120 g/mol. The highest BCUT2D eigenvalue weighted by Crippen LogP contribution is 2.43. The van der Waals surface area contributed by atoms with E-state index in [0.717, 1.165) is 25.8 Å². The zero-order chi connectivity index (χ0) is 55.0. The number of halogens is 4. The van der Waals surface area contributed by atoms with Crippen LogP contribution in [0.4, 0.5) is 13.2 Å². The standard InChI is InChI=1S/C52H60F3IN6O14/c1-50(2,3)47(65)75-38-35(58-46(64)52(53,54)55)22-33(27-68-24-30-16-10-7-11-17-30)71-45(38)74-39-36(28-69-25-31-18-12-8-13-19-31)72-41-40(37(39)59-60-57)73-44(42(41)76-48(66)51(4,5)6)61-23-34(56)43(63)62(49(61)67)29-70-26-32-20-14-9-15-21-32/h7-21,23,33,35-42,44-45H,22,24-29H2,1-6H3,(H,58,64)/t33-,35-,36+,37+,38+,39-,40+,41+,42+,44+,45-/m0/s1. The van der Waals surface area contributed by atoms with Gasteiger partial charge in [0.15, 0.2) is 24.7 Å². The zero-order valence-corrected chi connectivity index (χ0v) is 44.7. The van der Waals surface area contributed by atoms with Gasteiger partial charge in [0.05, 0.1) is 65.6 Å². The van der Waals surface area contributed by atoms with Crippen molar-refractivity contribution in [2.24, 2.45) is 15.9 Å². The van der Waals surface area contributed by atoms with E-state index in [-0.39, 0.29) is 43.0 Å². The minimum absolute atomic E-state index is 0.00903. The van der Waals surface area contributed by atoms with Crippen molar-refractivity contribution in [1.29, 1.82) is 0 Å². The second-order valence-corrected chi connectivity index (χ2v) is 21.6. The van der Waals surface area contributed by atoms with Crippen molar-refractivity contribution in [3.63, 3.8) is 0 Å². The van der Waals surface area contributed by atoms with Crippen LogP contribution in [0.5, 0.6) is 0 Å². The Bertz CT molecular complexity index is 2790. The Morgan fingerprint density at radius 3 is 1.79 bits per heavy atom. The Balaban J connectivity index is 1.30. The summed E-state index contributed by atoms with van der Waals surface area (Å²) in [6, 6.07) is 23.9. The number of carbonyl (C=O) groups excluding carboxylic acids is 3. The van der Waals surface area contributed by atoms with Gasteiger partial charge >= 0.3 is 29.7 Å². The van der Waals surface area contributed by atoms with Crippen molar-refractivity contribution in [3.05, 3.63) is 149 Å². The lowest BCUT2D eigenvalue weighted by Gasteiger charge is -2.47. The predicted molar refractivity (Wildman–Crippen MR) is 271 cm³/mol. The number of aromatic nitrogens is 2. The summed E-state index contributed by atoms with van der Waals surface area (Å²) >= 11 is 1.75. The van der Waals surface area contributed by atoms with Gasteiger partial charge < -0.3 is 47.9 Å². The normalized spacial score (nSPS) is 25.7. The molecule has 20 nitrogen and oxygen atoms in total. The number of fused-ring (bicyclic) bond motifs is 1. The summed E-state index contributed by atoms with van der Waals surface area (Å²) in [6.45, 7) is 8.36. The fourth-order valence-corrected chi connectivity index (χ4v) is 9.11. The first-order valence-corrected chi connectivity index (χ1v) is 25.4. The molecule has 0 bridgehead atoms. The lowest BCUT2D eigenvalue weighted by atomic mass is 9.91. The summed E-state index contributed by atoms with van der Waals surface area (Å²) in [5.74, 6) is -3.98. The molecule has 1 amide bonds. The van der Waals surface area contributed by atoms with Crippen molar-refractivity contribution in [1.82, 2.24) is 14.5 Å². The quantitative estimate of drug-likeness (QED) is 0.0326. The van der Waals surface area contributed by atoms with Crippen LogP contribution in [0, 0.1) is 14.4 Å². The van der Waals surface area contributed by atoms with Gasteiger partial charge in [-0.25, -0.2) is 9.36 Å². The van der Waals surface area contributed by atoms with E-state index in [2.05, 4.69) is 10.0 Å². The van der Waals surface area contributed by atoms with Crippen LogP contribution in [0.15, 0.2) is 112 Å². The van der Waals surface area contributed by atoms with Gasteiger partial charge in [-0.05, 0) is 92.8 Å². The third kappa shape index (κ3) is 14.7. The Kier molecular flexibility index (Phi) is 19.2. The molecular formula is C52H60F3IN6O14. The number of benzene rings is 3. The van der Waals surface area contributed by atoms with Gasteiger partial charge in [-0.15, -0.1) is 0 Å². The molecule has 7 rings (SSSR count). The highest BCUT2D eigenvalue weighted by Gasteiger charge is 2.60. The molecule has 3 aliphatic heterocycles. The molecule has 11 atom stereocenters. The molecule has 0 radical (unpaired) electrons. The highest BCUT2D eigenvalue weighted by atomic mass is 127. The number of azide groups is 1. The monoisotopic (exact) mass is 1180 g/mol. The molecule has 410 valence electrons. The van der Waals surface area contributed by atoms with Crippen LogP contribution < -0.4 is 16.6 Å². The molecule has 0 unspecified atom stereocenters. The molecule has 0 aliphatic carbocycles. The molecule has 1 N–H and O–H groups in total. The number of nitrogens with zero attached hydrogens (tertiary/aromatic N) is 5. The minimum atomic E-state index is -5.36. The van der Waals surface area contributed by atoms with E-state index < -0.39 is 120 Å². The van der Waals surface area contributed by atoms with E-state index in [1.54, 1.807) is 116 Å². The van der Waals surface area contributed by atoms with Crippen LogP contribution in [-0.2, 0) is 83.6 Å². The van der Waals surface area contributed by atoms with Crippen LogP contribution in [-0.4, -0.2) is 107 Å². The maximum Gasteiger partial charge on any atom is 0.471 e. The van der Waals surface area contributed by atoms with Crippen LogP contribution in [0.2, 0.25) is 0 Å². The minimum Gasteiger partial charge on any atom is -0.454 e. The van der Waals surface area contributed by atoms with E-state index in [4.69, 9.17) is 42.6 Å². The predicted octanol–water partition coefficient (Wildman–Crippen LogP) is 7.03. The van der Waals surface area contributed by atoms with Gasteiger partial charge in [-0.2, -0.15) is 13.2 Å². The first-order chi connectivity index (χ1) is 36.0. The molecule has 24 heteroatoms. The van der Waals surface area contributed by atoms with E-state index in [1.165, 1.54) is 27.0 Å². The van der Waals surface area contributed by atoms with Crippen LogP contribution in [0.1, 0.15) is 70.9 Å². The number of nitrogens with one attached hydrogen (secondary N) is 1. The van der Waals surface area contributed by atoms with Crippen molar-refractivity contribution in [2.45, 2.75) is 148 Å². The fourth-order valence-electron chi connectivity index (χ4n) is 8.52. The topological polar surface area (TPSA) is 239 Å². The SMILES string of the molecule is CC(C)(C)C(=O)O[C@@H]1[C@@H]2O[C@H](COCc3ccccc3)[C@H](O[C@@H]3O[C@H](COCc4ccccc4)C[C@H](NC(=O)C(F)(F)F)[C@H]3OC(=O)C(C)(C)C)[C@@H](N=[N+]=[N-])[C@H]2O[C@H]1n1cc(I)c(=O)n(COCc2ccccc2)c1=O. The molecule has 3 aromatic carbocycles. The molecule has 4 heterocycles. The van der Waals surface area contributed by atoms with E-state index in [1.807, 2.05) is 23.5 Å². The van der Waals surface area contributed by atoms with E-state index >= 15 is 0 Å². The molecule has 76 heavy (non-hydrogen) atoms. The number of hydrogen-bond acceptors (Lipinski definition) is 15. The Morgan fingerprint density at radius 2 is 1.26 bits per heavy atom. The van der Waals surface area contributed by atoms with Gasteiger partial charge in [-0.3, -0.25) is 23.7 Å². The summed E-state index contributed by atoms with van der Waals surface area (Å²) < 4.78 is 101. The molecule has 4 aromatic rings. The molecule has 3 fully saturated rings. The van der Waals surface area contributed by atoms with Crippen LogP contribution in [0.25, 0.3) is 10.4 Å². The molecule has 0 spiro atoms. The van der Waals surface area contributed by atoms with Crippen molar-refractivity contribution in [3.8, 4) is 0 Å². The first-order valence-electron chi connectivity index (χ1n) is 24.4. The Hall–Kier alpha value is -5.70.